The Morgan fingerprint density at radius 1 is 0.885 bits per heavy atom. The number of hydrogen-bond acceptors (Lipinski definition) is 19. The monoisotopic (exact) mass is 1160 g/mol. The average molecular weight is 1160 g/mol. The number of benzene rings is 3. The number of aliphatic hydroxyl groups excluding tert-OH is 2. The Labute approximate surface area is 451 Å². The van der Waals surface area contributed by atoms with Crippen molar-refractivity contribution in [2.24, 2.45) is 23.2 Å². The van der Waals surface area contributed by atoms with Crippen molar-refractivity contribution in [1.29, 1.82) is 0 Å². The maximum absolute atomic E-state index is 13.2. The second-order valence-electron chi connectivity index (χ2n) is 21.1. The maximum atomic E-state index is 13.2. The lowest BCUT2D eigenvalue weighted by Crippen LogP contribution is -2.48. The van der Waals surface area contributed by atoms with Crippen LogP contribution < -0.4 is 21.1 Å². The van der Waals surface area contributed by atoms with Crippen LogP contribution in [0.4, 0.5) is 5.82 Å². The Morgan fingerprint density at radius 2 is 1.54 bits per heavy atom. The Kier molecular flexibility index (Phi) is 17.1. The standard InChI is InChI=1S/C49H62N7O18P3S/c1-48(2,24-71-77(67,68)74-76(65,66)70-23-37-41(73-75(62,63)64)40(58)46(72-37)56-26-55-39-43(50)53-25-54-44(39)56)42(59)45(60)52-11-10-38(57)51-12-13-78-47(61)34-7-6-30-17-31(4-5-32(30)18-34)33-8-9-36(69-3)35(19-33)49-20-27-14-28(21-49)16-29(15-27)22-49/h4-9,17-19,25-29,37,40-42,46,58-59H,10-16,20-24H2,1-3H3,(H,51,57)(H,52,60)(H,65,66)(H,67,68)(H2,50,53,54)(H2,62,63,64). The van der Waals surface area contributed by atoms with Crippen LogP contribution in [-0.4, -0.2) is 130 Å². The van der Waals surface area contributed by atoms with Gasteiger partial charge in [0.25, 0.3) is 0 Å². The number of hydrogen-bond donors (Lipinski definition) is 9. The van der Waals surface area contributed by atoms with E-state index < -0.39 is 84.6 Å². The maximum Gasteiger partial charge on any atom is 0.481 e. The molecule has 5 aliphatic rings. The lowest BCUT2D eigenvalue weighted by atomic mass is 9.48. The third-order valence-corrected chi connectivity index (χ3v) is 19.0. The molecule has 3 heterocycles. The normalized spacial score (nSPS) is 25.9. The number of aromatic nitrogens is 4. The van der Waals surface area contributed by atoms with Crippen LogP contribution in [0.25, 0.3) is 33.1 Å². The molecule has 2 aromatic heterocycles. The molecule has 25 nitrogen and oxygen atoms in total. The molecule has 4 bridgehead atoms. The van der Waals surface area contributed by atoms with Crippen molar-refractivity contribution in [1.82, 2.24) is 30.2 Å². The summed E-state index contributed by atoms with van der Waals surface area (Å²) in [6.07, 6.45) is 0.802. The molecule has 29 heteroatoms. The lowest BCUT2D eigenvalue weighted by Gasteiger charge is -2.57. The van der Waals surface area contributed by atoms with Crippen LogP contribution in [0.15, 0.2) is 67.3 Å². The van der Waals surface area contributed by atoms with Crippen molar-refractivity contribution >= 4 is 79.9 Å². The largest absolute Gasteiger partial charge is 0.496 e. The number of nitrogens with two attached hydrogens (primary N) is 1. The molecule has 1 saturated heterocycles. The van der Waals surface area contributed by atoms with E-state index in [0.29, 0.717) is 5.56 Å². The Hall–Kier alpha value is -4.72. The second-order valence-corrected chi connectivity index (χ2v) is 26.4. The quantitative estimate of drug-likeness (QED) is 0.0297. The van der Waals surface area contributed by atoms with Crippen LogP contribution in [0.3, 0.4) is 0 Å². The number of phosphoric ester groups is 3. The van der Waals surface area contributed by atoms with Gasteiger partial charge in [-0.1, -0.05) is 49.9 Å². The van der Waals surface area contributed by atoms with Crippen LogP contribution in [0.5, 0.6) is 5.75 Å². The summed E-state index contributed by atoms with van der Waals surface area (Å²) in [7, 11) is -14.7. The molecule has 1 aliphatic heterocycles. The first-order chi connectivity index (χ1) is 36.8. The van der Waals surface area contributed by atoms with E-state index in [1.807, 2.05) is 18.2 Å². The van der Waals surface area contributed by atoms with Gasteiger partial charge in [0.05, 0.1) is 26.7 Å². The first kappa shape index (κ1) is 58.0. The third kappa shape index (κ3) is 13.2. The van der Waals surface area contributed by atoms with Crippen LogP contribution >= 0.6 is 35.2 Å². The van der Waals surface area contributed by atoms with Gasteiger partial charge < -0.3 is 55.6 Å². The Balaban J connectivity index is 0.689. The van der Waals surface area contributed by atoms with E-state index in [1.54, 1.807) is 13.2 Å². The summed E-state index contributed by atoms with van der Waals surface area (Å²) in [5.74, 6) is 2.18. The smallest absolute Gasteiger partial charge is 0.481 e. The highest BCUT2D eigenvalue weighted by Crippen LogP contribution is 2.63. The van der Waals surface area contributed by atoms with E-state index in [0.717, 1.165) is 74.4 Å². The lowest BCUT2D eigenvalue weighted by molar-refractivity contribution is -0.137. The molecule has 4 aliphatic carbocycles. The third-order valence-electron chi connectivity index (χ3n) is 15.0. The minimum Gasteiger partial charge on any atom is -0.496 e. The predicted octanol–water partition coefficient (Wildman–Crippen LogP) is 5.28. The molecule has 7 unspecified atom stereocenters. The number of carbonyl (C=O) groups is 3. The van der Waals surface area contributed by atoms with Crippen LogP contribution in [-0.2, 0) is 51.3 Å². The Morgan fingerprint density at radius 3 is 2.23 bits per heavy atom. The predicted molar refractivity (Wildman–Crippen MR) is 282 cm³/mol. The average Bonchev–Trinajstić information content (AvgIpc) is 4.06. The number of imidazole rings is 1. The number of methoxy groups -OCH3 is 1. The fourth-order valence-electron chi connectivity index (χ4n) is 11.7. The van der Waals surface area contributed by atoms with E-state index in [4.69, 9.17) is 24.3 Å². The number of amides is 2. The summed E-state index contributed by atoms with van der Waals surface area (Å²) < 4.78 is 68.8. The first-order valence-electron chi connectivity index (χ1n) is 25.1. The number of nitrogens with one attached hydrogen (secondary N) is 2. The highest BCUT2D eigenvalue weighted by atomic mass is 32.2. The van der Waals surface area contributed by atoms with Crippen molar-refractivity contribution < 1.29 is 85.2 Å². The van der Waals surface area contributed by atoms with Crippen molar-refractivity contribution in [3.8, 4) is 16.9 Å². The minimum absolute atomic E-state index is 0.0280. The van der Waals surface area contributed by atoms with E-state index >= 15 is 0 Å². The number of phosphoric acid groups is 3. The molecule has 5 aromatic rings. The molecule has 10 N–H and O–H groups in total. The summed E-state index contributed by atoms with van der Waals surface area (Å²) in [6, 6.07) is 18.4. The van der Waals surface area contributed by atoms with E-state index in [2.05, 4.69) is 64.8 Å². The molecule has 78 heavy (non-hydrogen) atoms. The molecule has 4 saturated carbocycles. The topological polar surface area (TPSA) is 373 Å². The highest BCUT2D eigenvalue weighted by molar-refractivity contribution is 8.14. The van der Waals surface area contributed by atoms with Gasteiger partial charge in [0.2, 0.25) is 16.9 Å². The SMILES string of the molecule is COc1ccc(-c2ccc3cc(C(=O)SCCNC(=O)CCNC(=O)C(O)C(C)(C)COP(=O)(O)OP(=O)(O)OCC4OC(n5cnc6c(N)ncnc65)C(O)C4OP(=O)(O)O)ccc3c2)cc1C12CC3CC(CC(C3)C1)C2. The first-order valence-corrected chi connectivity index (χ1v) is 30.6. The molecule has 10 rings (SSSR count). The molecule has 422 valence electrons. The number of carbonyl (C=O) groups excluding carboxylic acids is 3. The number of thioether (sulfide) groups is 1. The zero-order chi connectivity index (χ0) is 56.0. The molecule has 5 fully saturated rings. The highest BCUT2D eigenvalue weighted by Gasteiger charge is 2.53. The molecule has 2 amide bonds. The zero-order valence-corrected chi connectivity index (χ0v) is 46.2. The molecule has 0 spiro atoms. The van der Waals surface area contributed by atoms with Gasteiger partial charge in [0.1, 0.15) is 42.0 Å². The number of aliphatic hydroxyl groups is 2. The fourth-order valence-corrected chi connectivity index (χ4v) is 15.2. The molecule has 3 aromatic carbocycles. The number of nitrogen functional groups attached to an aromatic ring is 1. The van der Waals surface area contributed by atoms with Crippen molar-refractivity contribution in [3.63, 3.8) is 0 Å². The van der Waals surface area contributed by atoms with E-state index in [-0.39, 0.29) is 52.8 Å². The van der Waals surface area contributed by atoms with Crippen LogP contribution in [0.1, 0.15) is 80.9 Å². The van der Waals surface area contributed by atoms with Gasteiger partial charge in [-0.3, -0.25) is 32.5 Å². The van der Waals surface area contributed by atoms with Gasteiger partial charge in [-0.25, -0.2) is 28.6 Å². The van der Waals surface area contributed by atoms with E-state index in [9.17, 15) is 57.9 Å². The summed E-state index contributed by atoms with van der Waals surface area (Å²) >= 11 is 1.05. The number of ether oxygens (including phenoxy) is 2. The van der Waals surface area contributed by atoms with Gasteiger partial charge in [-0.2, -0.15) is 4.31 Å². The van der Waals surface area contributed by atoms with Crippen LogP contribution in [0, 0.1) is 23.2 Å². The van der Waals surface area contributed by atoms with Crippen molar-refractivity contribution in [2.45, 2.75) is 94.9 Å². The number of nitrogens with zero attached hydrogens (tertiary/aromatic N) is 4. The minimum atomic E-state index is -5.60. The number of anilines is 1. The molecule has 7 atom stereocenters. The number of rotatable bonds is 23. The second kappa shape index (κ2) is 23.0. The fraction of sp³-hybridized carbons (Fsp3) is 0.510. The van der Waals surface area contributed by atoms with Gasteiger partial charge in [-0.15, -0.1) is 0 Å². The summed E-state index contributed by atoms with van der Waals surface area (Å²) in [6.45, 7) is 0.409. The molecule has 0 radical (unpaired) electrons. The van der Waals surface area contributed by atoms with Gasteiger partial charge in [-0.05, 0) is 114 Å². The summed E-state index contributed by atoms with van der Waals surface area (Å²) in [4.78, 5) is 90.1. The van der Waals surface area contributed by atoms with E-state index in [1.165, 1.54) is 57.9 Å². The van der Waals surface area contributed by atoms with Gasteiger partial charge >= 0.3 is 23.5 Å². The summed E-state index contributed by atoms with van der Waals surface area (Å²) in [5, 5.41) is 28.6. The molecular weight excluding hydrogens is 1100 g/mol. The summed E-state index contributed by atoms with van der Waals surface area (Å²) in [5.41, 5.74) is 8.54. The molecular formula is C49H62N7O18P3S. The zero-order valence-electron chi connectivity index (χ0n) is 42.7. The van der Waals surface area contributed by atoms with Crippen LogP contribution in [0.2, 0.25) is 0 Å². The van der Waals surface area contributed by atoms with Crippen molar-refractivity contribution in [3.05, 3.63) is 78.4 Å². The van der Waals surface area contributed by atoms with Crippen molar-refractivity contribution in [2.75, 3.05) is 44.9 Å². The van der Waals surface area contributed by atoms with Gasteiger partial charge in [0, 0.05) is 41.8 Å². The van der Waals surface area contributed by atoms with Gasteiger partial charge in [0.15, 0.2) is 17.7 Å². The Bertz CT molecular complexity index is 3200. The number of fused-ring (bicyclic) bond motifs is 2.